The van der Waals surface area contributed by atoms with Gasteiger partial charge in [-0.3, -0.25) is 0 Å². The summed E-state index contributed by atoms with van der Waals surface area (Å²) >= 11 is 0. The van der Waals surface area contributed by atoms with Gasteiger partial charge in [-0.15, -0.1) is 0 Å². The molecule has 3 nitrogen and oxygen atoms in total. The van der Waals surface area contributed by atoms with Crippen LogP contribution < -0.4 is 5.32 Å². The maximum absolute atomic E-state index is 5.54. The summed E-state index contributed by atoms with van der Waals surface area (Å²) in [5.74, 6) is 1.94. The van der Waals surface area contributed by atoms with Gasteiger partial charge in [-0.25, -0.2) is 0 Å². The van der Waals surface area contributed by atoms with E-state index in [1.807, 2.05) is 12.1 Å². The van der Waals surface area contributed by atoms with Crippen molar-refractivity contribution >= 4 is 0 Å². The summed E-state index contributed by atoms with van der Waals surface area (Å²) in [6.07, 6.45) is 1.18. The van der Waals surface area contributed by atoms with E-state index in [1.54, 1.807) is 7.11 Å². The molecule has 1 fully saturated rings. The molecule has 0 spiro atoms. The van der Waals surface area contributed by atoms with Crippen molar-refractivity contribution in [2.75, 3.05) is 13.7 Å². The zero-order valence-corrected chi connectivity index (χ0v) is 7.17. The molecule has 2 rings (SSSR count). The fourth-order valence-electron chi connectivity index (χ4n) is 1.33. The minimum absolute atomic E-state index is 0.440. The first-order valence-corrected chi connectivity index (χ1v) is 4.21. The third kappa shape index (κ3) is 1.38. The predicted molar refractivity (Wildman–Crippen MR) is 44.8 cm³/mol. The van der Waals surface area contributed by atoms with Crippen molar-refractivity contribution < 1.29 is 9.15 Å². The van der Waals surface area contributed by atoms with Gasteiger partial charge in [-0.2, -0.15) is 0 Å². The normalized spacial score (nSPS) is 22.2. The van der Waals surface area contributed by atoms with Crippen molar-refractivity contribution in [3.63, 3.8) is 0 Å². The van der Waals surface area contributed by atoms with E-state index in [-0.39, 0.29) is 0 Å². The van der Waals surface area contributed by atoms with Crippen LogP contribution in [0.3, 0.4) is 0 Å². The van der Waals surface area contributed by atoms with Crippen molar-refractivity contribution in [3.05, 3.63) is 23.7 Å². The second-order valence-corrected chi connectivity index (χ2v) is 3.03. The highest BCUT2D eigenvalue weighted by atomic mass is 16.5. The van der Waals surface area contributed by atoms with Crippen molar-refractivity contribution in [3.8, 4) is 0 Å². The Morgan fingerprint density at radius 1 is 1.67 bits per heavy atom. The average molecular weight is 167 g/mol. The van der Waals surface area contributed by atoms with Crippen molar-refractivity contribution in [1.82, 2.24) is 5.32 Å². The minimum Gasteiger partial charge on any atom is -0.462 e. The summed E-state index contributed by atoms with van der Waals surface area (Å²) in [5, 5.41) is 3.28. The zero-order valence-electron chi connectivity index (χ0n) is 7.17. The van der Waals surface area contributed by atoms with Gasteiger partial charge in [0.2, 0.25) is 0 Å². The Morgan fingerprint density at radius 3 is 3.08 bits per heavy atom. The van der Waals surface area contributed by atoms with Gasteiger partial charge in [0.25, 0.3) is 0 Å². The lowest BCUT2D eigenvalue weighted by atomic mass is 10.1. The van der Waals surface area contributed by atoms with Crippen molar-refractivity contribution in [1.29, 1.82) is 0 Å². The Kier molecular flexibility index (Phi) is 2.15. The molecular formula is C9H13NO2. The quantitative estimate of drug-likeness (QED) is 0.740. The van der Waals surface area contributed by atoms with Gasteiger partial charge >= 0.3 is 0 Å². The van der Waals surface area contributed by atoms with E-state index in [1.165, 1.54) is 6.42 Å². The van der Waals surface area contributed by atoms with E-state index in [0.717, 1.165) is 18.1 Å². The second-order valence-electron chi connectivity index (χ2n) is 3.03. The van der Waals surface area contributed by atoms with E-state index < -0.39 is 0 Å². The summed E-state index contributed by atoms with van der Waals surface area (Å²) in [4.78, 5) is 0. The van der Waals surface area contributed by atoms with Gasteiger partial charge in [0, 0.05) is 7.11 Å². The van der Waals surface area contributed by atoms with Gasteiger partial charge in [0.05, 0.1) is 6.04 Å². The number of nitrogens with one attached hydrogen (secondary N) is 1. The molecule has 12 heavy (non-hydrogen) atoms. The maximum atomic E-state index is 5.54. The SMILES string of the molecule is COCc1ccc(C2CCN2)o1. The van der Waals surface area contributed by atoms with Crippen LogP contribution in [0.15, 0.2) is 16.5 Å². The van der Waals surface area contributed by atoms with Crippen LogP contribution in [0, 0.1) is 0 Å². The summed E-state index contributed by atoms with van der Waals surface area (Å²) < 4.78 is 10.5. The summed E-state index contributed by atoms with van der Waals surface area (Å²) in [5.41, 5.74) is 0. The van der Waals surface area contributed by atoms with Crippen LogP contribution in [0.4, 0.5) is 0 Å². The van der Waals surface area contributed by atoms with Gasteiger partial charge in [-0.1, -0.05) is 0 Å². The average Bonchev–Trinajstić information content (AvgIpc) is 2.34. The number of hydrogen-bond acceptors (Lipinski definition) is 3. The van der Waals surface area contributed by atoms with E-state index in [4.69, 9.17) is 9.15 Å². The molecule has 0 aromatic carbocycles. The van der Waals surface area contributed by atoms with Gasteiger partial charge in [0.1, 0.15) is 18.1 Å². The van der Waals surface area contributed by atoms with E-state index in [0.29, 0.717) is 12.6 Å². The standard InChI is InChI=1S/C9H13NO2/c1-11-6-7-2-3-9(12-7)8-4-5-10-8/h2-3,8,10H,4-6H2,1H3. The lowest BCUT2D eigenvalue weighted by Crippen LogP contribution is -2.34. The Bertz CT molecular complexity index is 253. The van der Waals surface area contributed by atoms with E-state index in [2.05, 4.69) is 5.32 Å². The smallest absolute Gasteiger partial charge is 0.129 e. The molecule has 0 radical (unpaired) electrons. The Labute approximate surface area is 71.7 Å². The van der Waals surface area contributed by atoms with Crippen LogP contribution in [-0.4, -0.2) is 13.7 Å². The van der Waals surface area contributed by atoms with E-state index >= 15 is 0 Å². The van der Waals surface area contributed by atoms with Crippen molar-refractivity contribution in [2.24, 2.45) is 0 Å². The topological polar surface area (TPSA) is 34.4 Å². The number of furan rings is 1. The molecule has 1 atom stereocenters. The largest absolute Gasteiger partial charge is 0.462 e. The Morgan fingerprint density at radius 2 is 2.50 bits per heavy atom. The third-order valence-corrected chi connectivity index (χ3v) is 2.14. The summed E-state index contributed by atoms with van der Waals surface area (Å²) in [6, 6.07) is 4.43. The molecule has 1 aliphatic heterocycles. The molecule has 1 N–H and O–H groups in total. The maximum Gasteiger partial charge on any atom is 0.129 e. The molecule has 1 aliphatic rings. The Hall–Kier alpha value is -0.800. The molecule has 1 aromatic rings. The van der Waals surface area contributed by atoms with Crippen LogP contribution in [-0.2, 0) is 11.3 Å². The number of ether oxygens (including phenoxy) is 1. The number of methoxy groups -OCH3 is 1. The Balaban J connectivity index is 2.02. The highest BCUT2D eigenvalue weighted by molar-refractivity contribution is 5.12. The second kappa shape index (κ2) is 3.29. The third-order valence-electron chi connectivity index (χ3n) is 2.14. The zero-order chi connectivity index (χ0) is 8.39. The highest BCUT2D eigenvalue weighted by Crippen LogP contribution is 2.24. The van der Waals surface area contributed by atoms with E-state index in [9.17, 15) is 0 Å². The first kappa shape index (κ1) is 7.83. The van der Waals surface area contributed by atoms with Crippen LogP contribution in [0.2, 0.25) is 0 Å². The number of rotatable bonds is 3. The molecule has 66 valence electrons. The molecule has 0 aliphatic carbocycles. The first-order valence-electron chi connectivity index (χ1n) is 4.21. The van der Waals surface area contributed by atoms with Crippen LogP contribution in [0.1, 0.15) is 24.0 Å². The molecule has 1 aromatic heterocycles. The molecule has 0 bridgehead atoms. The summed E-state index contributed by atoms with van der Waals surface area (Å²) in [6.45, 7) is 1.66. The van der Waals surface area contributed by atoms with Crippen LogP contribution in [0.25, 0.3) is 0 Å². The lowest BCUT2D eigenvalue weighted by molar-refractivity contribution is 0.159. The highest BCUT2D eigenvalue weighted by Gasteiger charge is 2.21. The minimum atomic E-state index is 0.440. The molecule has 0 saturated carbocycles. The van der Waals surface area contributed by atoms with Crippen molar-refractivity contribution in [2.45, 2.75) is 19.1 Å². The summed E-state index contributed by atoms with van der Waals surface area (Å²) in [7, 11) is 1.67. The van der Waals surface area contributed by atoms with Crippen LogP contribution >= 0.6 is 0 Å². The lowest BCUT2D eigenvalue weighted by Gasteiger charge is -2.25. The van der Waals surface area contributed by atoms with Gasteiger partial charge in [-0.05, 0) is 25.1 Å². The molecule has 2 heterocycles. The molecule has 0 amide bonds. The number of hydrogen-bond donors (Lipinski definition) is 1. The molecule has 1 saturated heterocycles. The predicted octanol–water partition coefficient (Wildman–Crippen LogP) is 1.46. The molecular weight excluding hydrogens is 154 g/mol. The van der Waals surface area contributed by atoms with Gasteiger partial charge in [0.15, 0.2) is 0 Å². The monoisotopic (exact) mass is 167 g/mol. The van der Waals surface area contributed by atoms with Gasteiger partial charge < -0.3 is 14.5 Å². The molecule has 1 unspecified atom stereocenters. The first-order chi connectivity index (χ1) is 5.90. The van der Waals surface area contributed by atoms with Crippen LogP contribution in [0.5, 0.6) is 0 Å². The molecule has 3 heteroatoms. The fraction of sp³-hybridized carbons (Fsp3) is 0.556. The fourth-order valence-corrected chi connectivity index (χ4v) is 1.33.